The number of hydrogen-bond donors (Lipinski definition) is 1. The summed E-state index contributed by atoms with van der Waals surface area (Å²) >= 11 is 11.4. The topological polar surface area (TPSA) is 50.7 Å². The Morgan fingerprint density at radius 2 is 1.86 bits per heavy atom. The molecule has 0 amide bonds. The van der Waals surface area contributed by atoms with Crippen molar-refractivity contribution in [1.82, 2.24) is 15.2 Å². The molecule has 4 nitrogen and oxygen atoms in total. The van der Waals surface area contributed by atoms with Gasteiger partial charge in [-0.15, -0.1) is 10.2 Å². The van der Waals surface area contributed by atoms with Gasteiger partial charge in [0.1, 0.15) is 0 Å². The smallest absolute Gasteiger partial charge is 0.245 e. The van der Waals surface area contributed by atoms with Crippen LogP contribution in [0, 0.1) is 5.41 Å². The van der Waals surface area contributed by atoms with Gasteiger partial charge in [0, 0.05) is 6.54 Å². The third-order valence-electron chi connectivity index (χ3n) is 1.41. The Morgan fingerprint density at radius 1 is 1.21 bits per heavy atom. The summed E-state index contributed by atoms with van der Waals surface area (Å²) in [5, 5.41) is 10.5. The molecule has 1 aromatic heterocycles. The Bertz CT molecular complexity index is 322. The molecule has 0 saturated heterocycles. The van der Waals surface area contributed by atoms with E-state index in [2.05, 4.69) is 41.3 Å². The number of rotatable bonds is 2. The Labute approximate surface area is 93.0 Å². The predicted molar refractivity (Wildman–Crippen MR) is 57.8 cm³/mol. The van der Waals surface area contributed by atoms with Crippen LogP contribution in [-0.4, -0.2) is 21.7 Å². The lowest BCUT2D eigenvalue weighted by Gasteiger charge is -2.19. The fraction of sp³-hybridized carbons (Fsp3) is 0.625. The van der Waals surface area contributed by atoms with E-state index in [-0.39, 0.29) is 15.9 Å². The Balaban J connectivity index is 2.72. The van der Waals surface area contributed by atoms with Crippen LogP contribution >= 0.6 is 23.2 Å². The monoisotopic (exact) mass is 234 g/mol. The van der Waals surface area contributed by atoms with Crippen molar-refractivity contribution in [3.05, 3.63) is 10.4 Å². The number of hydrogen-bond acceptors (Lipinski definition) is 4. The lowest BCUT2D eigenvalue weighted by atomic mass is 9.97. The number of aromatic nitrogens is 3. The van der Waals surface area contributed by atoms with Gasteiger partial charge in [-0.25, -0.2) is 0 Å². The molecule has 1 N–H and O–H groups in total. The molecule has 0 saturated carbocycles. The minimum Gasteiger partial charge on any atom is -0.367 e. The first-order chi connectivity index (χ1) is 6.38. The van der Waals surface area contributed by atoms with E-state index in [1.807, 2.05) is 0 Å². The second kappa shape index (κ2) is 4.28. The van der Waals surface area contributed by atoms with Gasteiger partial charge in [-0.05, 0) is 17.0 Å². The minimum absolute atomic E-state index is 0.0887. The summed E-state index contributed by atoms with van der Waals surface area (Å²) in [4.78, 5) is 3.92. The zero-order valence-corrected chi connectivity index (χ0v) is 9.82. The number of anilines is 1. The molecule has 0 aliphatic carbocycles. The molecule has 0 radical (unpaired) electrons. The van der Waals surface area contributed by atoms with Crippen molar-refractivity contribution in [2.45, 2.75) is 20.8 Å². The lowest BCUT2D eigenvalue weighted by molar-refractivity contribution is 0.442. The standard InChI is InChI=1S/C8H12Cl2N4/c1-8(2,3)4-11-6-5(9)13-14-7(10)12-6/h4H2,1-3H3,(H,11,12,14). The Hall–Kier alpha value is -0.610. The van der Waals surface area contributed by atoms with Crippen LogP contribution in [0.5, 0.6) is 0 Å². The lowest BCUT2D eigenvalue weighted by Crippen LogP contribution is -2.20. The van der Waals surface area contributed by atoms with Crippen molar-refractivity contribution < 1.29 is 0 Å². The molecule has 0 bridgehead atoms. The Morgan fingerprint density at radius 3 is 2.43 bits per heavy atom. The van der Waals surface area contributed by atoms with Crippen molar-refractivity contribution in [1.29, 1.82) is 0 Å². The van der Waals surface area contributed by atoms with Gasteiger partial charge >= 0.3 is 0 Å². The molecular formula is C8H12Cl2N4. The molecule has 0 unspecified atom stereocenters. The zero-order chi connectivity index (χ0) is 10.8. The molecule has 0 aliphatic heterocycles. The minimum atomic E-state index is 0.0887. The van der Waals surface area contributed by atoms with Gasteiger partial charge in [0.2, 0.25) is 5.28 Å². The van der Waals surface area contributed by atoms with Crippen molar-refractivity contribution in [2.75, 3.05) is 11.9 Å². The van der Waals surface area contributed by atoms with E-state index in [9.17, 15) is 0 Å². The van der Waals surface area contributed by atoms with Crippen LogP contribution in [0.2, 0.25) is 10.4 Å². The van der Waals surface area contributed by atoms with E-state index in [0.29, 0.717) is 5.82 Å². The van der Waals surface area contributed by atoms with Gasteiger partial charge in [0.25, 0.3) is 0 Å². The van der Waals surface area contributed by atoms with Gasteiger partial charge in [0.15, 0.2) is 11.0 Å². The molecule has 6 heteroatoms. The first-order valence-corrected chi connectivity index (χ1v) is 4.94. The number of halogens is 2. The highest BCUT2D eigenvalue weighted by molar-refractivity contribution is 6.32. The SMILES string of the molecule is CC(C)(C)CNc1nc(Cl)nnc1Cl. The molecular weight excluding hydrogens is 223 g/mol. The van der Waals surface area contributed by atoms with Gasteiger partial charge in [-0.2, -0.15) is 4.98 Å². The van der Waals surface area contributed by atoms with Crippen LogP contribution < -0.4 is 5.32 Å². The summed E-state index contributed by atoms with van der Waals surface area (Å²) in [7, 11) is 0. The first kappa shape index (κ1) is 11.5. The maximum absolute atomic E-state index is 5.77. The summed E-state index contributed by atoms with van der Waals surface area (Å²) < 4.78 is 0. The van der Waals surface area contributed by atoms with Gasteiger partial charge in [-0.3, -0.25) is 0 Å². The molecule has 0 fully saturated rings. The van der Waals surface area contributed by atoms with Crippen LogP contribution in [0.1, 0.15) is 20.8 Å². The normalized spacial score (nSPS) is 11.5. The van der Waals surface area contributed by atoms with Crippen LogP contribution in [0.3, 0.4) is 0 Å². The van der Waals surface area contributed by atoms with E-state index in [0.717, 1.165) is 6.54 Å². The van der Waals surface area contributed by atoms with Crippen molar-refractivity contribution >= 4 is 29.0 Å². The predicted octanol–water partition coefficient (Wildman–Crippen LogP) is 2.64. The molecule has 0 aromatic carbocycles. The maximum atomic E-state index is 5.77. The average molecular weight is 235 g/mol. The third kappa shape index (κ3) is 3.64. The zero-order valence-electron chi connectivity index (χ0n) is 8.30. The third-order valence-corrected chi connectivity index (χ3v) is 1.82. The number of nitrogens with zero attached hydrogens (tertiary/aromatic N) is 3. The molecule has 14 heavy (non-hydrogen) atoms. The highest BCUT2D eigenvalue weighted by Crippen LogP contribution is 2.19. The van der Waals surface area contributed by atoms with E-state index in [4.69, 9.17) is 23.2 Å². The van der Waals surface area contributed by atoms with Crippen LogP contribution in [0.4, 0.5) is 5.82 Å². The van der Waals surface area contributed by atoms with Crippen LogP contribution in [-0.2, 0) is 0 Å². The Kier molecular flexibility index (Phi) is 3.50. The highest BCUT2D eigenvalue weighted by Gasteiger charge is 2.12. The van der Waals surface area contributed by atoms with Gasteiger partial charge in [-0.1, -0.05) is 32.4 Å². The van der Waals surface area contributed by atoms with E-state index >= 15 is 0 Å². The summed E-state index contributed by atoms with van der Waals surface area (Å²) in [6.45, 7) is 7.04. The molecule has 1 aromatic rings. The van der Waals surface area contributed by atoms with Crippen molar-refractivity contribution in [2.24, 2.45) is 5.41 Å². The van der Waals surface area contributed by atoms with Crippen molar-refractivity contribution in [3.8, 4) is 0 Å². The second-order valence-corrected chi connectivity index (χ2v) is 4.83. The summed E-state index contributed by atoms with van der Waals surface area (Å²) in [6.07, 6.45) is 0. The molecule has 0 aliphatic rings. The summed E-state index contributed by atoms with van der Waals surface area (Å²) in [6, 6.07) is 0. The van der Waals surface area contributed by atoms with E-state index < -0.39 is 0 Å². The molecule has 1 rings (SSSR count). The largest absolute Gasteiger partial charge is 0.367 e. The fourth-order valence-corrected chi connectivity index (χ4v) is 1.02. The van der Waals surface area contributed by atoms with Crippen LogP contribution in [0.25, 0.3) is 0 Å². The molecule has 78 valence electrons. The molecule has 1 heterocycles. The quantitative estimate of drug-likeness (QED) is 0.855. The van der Waals surface area contributed by atoms with E-state index in [1.54, 1.807) is 0 Å². The van der Waals surface area contributed by atoms with Crippen molar-refractivity contribution in [3.63, 3.8) is 0 Å². The van der Waals surface area contributed by atoms with E-state index in [1.165, 1.54) is 0 Å². The van der Waals surface area contributed by atoms with Gasteiger partial charge in [0.05, 0.1) is 0 Å². The maximum Gasteiger partial charge on any atom is 0.245 e. The first-order valence-electron chi connectivity index (χ1n) is 4.18. The second-order valence-electron chi connectivity index (χ2n) is 4.13. The molecule has 0 spiro atoms. The summed E-state index contributed by atoms with van der Waals surface area (Å²) in [5.74, 6) is 0.474. The summed E-state index contributed by atoms with van der Waals surface area (Å²) in [5.41, 5.74) is 0.140. The average Bonchev–Trinajstić information content (AvgIpc) is 2.05. The number of nitrogens with one attached hydrogen (secondary N) is 1. The fourth-order valence-electron chi connectivity index (χ4n) is 0.755. The van der Waals surface area contributed by atoms with Crippen LogP contribution in [0.15, 0.2) is 0 Å². The van der Waals surface area contributed by atoms with Gasteiger partial charge < -0.3 is 5.32 Å². The highest BCUT2D eigenvalue weighted by atomic mass is 35.5. The molecule has 0 atom stereocenters.